The first-order valence-corrected chi connectivity index (χ1v) is 11.3. The molecular formula is C19H26N4O5S. The quantitative estimate of drug-likeness (QED) is 0.718. The first kappa shape index (κ1) is 20.0. The van der Waals surface area contributed by atoms with Gasteiger partial charge in [-0.25, -0.2) is 22.6 Å². The molecule has 9 nitrogen and oxygen atoms in total. The molecule has 0 radical (unpaired) electrons. The molecule has 1 aliphatic heterocycles. The smallest absolute Gasteiger partial charge is 0.345 e. The van der Waals surface area contributed by atoms with Crippen molar-refractivity contribution >= 4 is 10.0 Å². The molecule has 1 atom stereocenters. The highest BCUT2D eigenvalue weighted by atomic mass is 32.2. The third kappa shape index (κ3) is 4.18. The van der Waals surface area contributed by atoms with E-state index in [0.29, 0.717) is 44.0 Å². The molecule has 0 spiro atoms. The molecule has 1 aromatic heterocycles. The average molecular weight is 423 g/mol. The molecule has 1 N–H and O–H groups in total. The first-order chi connectivity index (χ1) is 13.9. The molecule has 29 heavy (non-hydrogen) atoms. The number of sulfonamides is 1. The first-order valence-electron chi connectivity index (χ1n) is 9.82. The van der Waals surface area contributed by atoms with Crippen molar-refractivity contribution < 1.29 is 17.9 Å². The summed E-state index contributed by atoms with van der Waals surface area (Å²) in [6.45, 7) is 1.13. The molecule has 2 heterocycles. The maximum Gasteiger partial charge on any atom is 0.345 e. The summed E-state index contributed by atoms with van der Waals surface area (Å²) in [6, 6.07) is 4.36. The SMILES string of the molecule is COc1ccc(OC)c(S(=O)(=O)N[C@H]2CCc3nn(CC4CC4)c(=O)n3CC2)c1. The monoisotopic (exact) mass is 422 g/mol. The van der Waals surface area contributed by atoms with Crippen LogP contribution in [0.3, 0.4) is 0 Å². The Balaban J connectivity index is 1.50. The molecule has 0 saturated heterocycles. The number of benzene rings is 1. The van der Waals surface area contributed by atoms with Crippen LogP contribution < -0.4 is 19.9 Å². The summed E-state index contributed by atoms with van der Waals surface area (Å²) < 4.78 is 42.4. The summed E-state index contributed by atoms with van der Waals surface area (Å²) in [5.41, 5.74) is -0.0927. The zero-order chi connectivity index (χ0) is 20.6. The Bertz CT molecular complexity index is 1060. The summed E-state index contributed by atoms with van der Waals surface area (Å²) >= 11 is 0. The van der Waals surface area contributed by atoms with Crippen LogP contribution in [0.5, 0.6) is 11.5 Å². The molecule has 0 amide bonds. The van der Waals surface area contributed by atoms with Gasteiger partial charge in [0, 0.05) is 31.6 Å². The van der Waals surface area contributed by atoms with Crippen LogP contribution in [0.4, 0.5) is 0 Å². The largest absolute Gasteiger partial charge is 0.497 e. The Kier molecular flexibility index (Phi) is 5.39. The molecule has 10 heteroatoms. The van der Waals surface area contributed by atoms with Gasteiger partial charge in [0.05, 0.1) is 14.2 Å². The molecule has 158 valence electrons. The number of hydrogen-bond acceptors (Lipinski definition) is 6. The van der Waals surface area contributed by atoms with E-state index in [2.05, 4.69) is 9.82 Å². The molecule has 1 saturated carbocycles. The fraction of sp³-hybridized carbons (Fsp3) is 0.579. The maximum absolute atomic E-state index is 13.0. The summed E-state index contributed by atoms with van der Waals surface area (Å²) in [5, 5.41) is 4.48. The van der Waals surface area contributed by atoms with E-state index in [9.17, 15) is 13.2 Å². The Hall–Kier alpha value is -2.33. The molecular weight excluding hydrogens is 396 g/mol. The van der Waals surface area contributed by atoms with Crippen molar-refractivity contribution in [2.24, 2.45) is 5.92 Å². The molecule has 1 aliphatic carbocycles. The van der Waals surface area contributed by atoms with Gasteiger partial charge in [-0.1, -0.05) is 0 Å². The lowest BCUT2D eigenvalue weighted by atomic mass is 10.1. The van der Waals surface area contributed by atoms with Crippen molar-refractivity contribution in [1.29, 1.82) is 0 Å². The third-order valence-corrected chi connectivity index (χ3v) is 7.07. The normalized spacial score (nSPS) is 19.4. The van der Waals surface area contributed by atoms with Crippen LogP contribution in [-0.2, 0) is 29.5 Å². The fourth-order valence-corrected chi connectivity index (χ4v) is 5.18. The number of nitrogens with one attached hydrogen (secondary N) is 1. The minimum Gasteiger partial charge on any atom is -0.497 e. The molecule has 2 aliphatic rings. The number of aryl methyl sites for hydroxylation is 1. The predicted octanol–water partition coefficient (Wildman–Crippen LogP) is 1.16. The van der Waals surface area contributed by atoms with Crippen molar-refractivity contribution in [3.63, 3.8) is 0 Å². The predicted molar refractivity (Wildman–Crippen MR) is 106 cm³/mol. The number of rotatable bonds is 7. The number of fused-ring (bicyclic) bond motifs is 1. The van der Waals surface area contributed by atoms with E-state index in [1.807, 2.05) is 0 Å². The van der Waals surface area contributed by atoms with E-state index in [-0.39, 0.29) is 22.4 Å². The summed E-state index contributed by atoms with van der Waals surface area (Å²) in [5.74, 6) is 1.99. The number of aromatic nitrogens is 3. The van der Waals surface area contributed by atoms with E-state index in [1.165, 1.54) is 20.3 Å². The zero-order valence-electron chi connectivity index (χ0n) is 16.6. The fourth-order valence-electron chi connectivity index (χ4n) is 3.69. The van der Waals surface area contributed by atoms with Crippen LogP contribution >= 0.6 is 0 Å². The van der Waals surface area contributed by atoms with Gasteiger partial charge in [-0.05, 0) is 43.7 Å². The van der Waals surface area contributed by atoms with Gasteiger partial charge in [0.15, 0.2) is 0 Å². The highest BCUT2D eigenvalue weighted by molar-refractivity contribution is 7.89. The van der Waals surface area contributed by atoms with Crippen LogP contribution in [0.25, 0.3) is 0 Å². The van der Waals surface area contributed by atoms with Crippen molar-refractivity contribution in [1.82, 2.24) is 19.1 Å². The van der Waals surface area contributed by atoms with Crippen LogP contribution in [0, 0.1) is 5.92 Å². The second-order valence-electron chi connectivity index (χ2n) is 7.64. The van der Waals surface area contributed by atoms with Gasteiger partial charge in [-0.3, -0.25) is 4.57 Å². The van der Waals surface area contributed by atoms with Crippen LogP contribution in [0.1, 0.15) is 31.5 Å². The number of nitrogens with zero attached hydrogens (tertiary/aromatic N) is 3. The van der Waals surface area contributed by atoms with E-state index < -0.39 is 10.0 Å². The van der Waals surface area contributed by atoms with Crippen molar-refractivity contribution in [3.05, 3.63) is 34.5 Å². The van der Waals surface area contributed by atoms with Gasteiger partial charge in [-0.15, -0.1) is 0 Å². The molecule has 0 unspecified atom stereocenters. The molecule has 2 aromatic rings. The Morgan fingerprint density at radius 2 is 1.97 bits per heavy atom. The minimum absolute atomic E-state index is 0.0353. The van der Waals surface area contributed by atoms with Gasteiger partial charge in [0.25, 0.3) is 0 Å². The van der Waals surface area contributed by atoms with E-state index in [4.69, 9.17) is 9.47 Å². The lowest BCUT2D eigenvalue weighted by Crippen LogP contribution is -2.36. The molecule has 0 bridgehead atoms. The van der Waals surface area contributed by atoms with E-state index in [0.717, 1.165) is 18.7 Å². The van der Waals surface area contributed by atoms with Gasteiger partial charge in [0.1, 0.15) is 22.2 Å². The lowest BCUT2D eigenvalue weighted by molar-refractivity contribution is 0.391. The highest BCUT2D eigenvalue weighted by Gasteiger charge is 2.29. The minimum atomic E-state index is -3.82. The number of ether oxygens (including phenoxy) is 2. The molecule has 4 rings (SSSR count). The standard InChI is InChI=1S/C19H26N4O5S/c1-27-15-6-7-16(28-2)17(11-15)29(25,26)21-14-5-8-18-20-23(12-13-3-4-13)19(24)22(18)10-9-14/h6-7,11,13-14,21H,3-5,8-10,12H2,1-2H3/t14-/m0/s1. The van der Waals surface area contributed by atoms with E-state index >= 15 is 0 Å². The van der Waals surface area contributed by atoms with Crippen LogP contribution in [0.15, 0.2) is 27.9 Å². The summed E-state index contributed by atoms with van der Waals surface area (Å²) in [7, 11) is -0.907. The average Bonchev–Trinajstić information content (AvgIpc) is 3.50. The van der Waals surface area contributed by atoms with Gasteiger partial charge >= 0.3 is 5.69 Å². The maximum atomic E-state index is 13.0. The number of methoxy groups -OCH3 is 2. The third-order valence-electron chi connectivity index (χ3n) is 5.53. The van der Waals surface area contributed by atoms with Crippen molar-refractivity contribution in [3.8, 4) is 11.5 Å². The van der Waals surface area contributed by atoms with Crippen LogP contribution in [0.2, 0.25) is 0 Å². The lowest BCUT2D eigenvalue weighted by Gasteiger charge is -2.18. The van der Waals surface area contributed by atoms with Gasteiger partial charge in [-0.2, -0.15) is 5.10 Å². The Labute approximate surface area is 169 Å². The van der Waals surface area contributed by atoms with Crippen LogP contribution in [-0.4, -0.2) is 43.0 Å². The zero-order valence-corrected chi connectivity index (χ0v) is 17.4. The van der Waals surface area contributed by atoms with Gasteiger partial charge in [0.2, 0.25) is 10.0 Å². The Morgan fingerprint density at radius 3 is 2.66 bits per heavy atom. The molecule has 1 fully saturated rings. The second-order valence-corrected chi connectivity index (χ2v) is 9.32. The van der Waals surface area contributed by atoms with Gasteiger partial charge < -0.3 is 9.47 Å². The van der Waals surface area contributed by atoms with E-state index in [1.54, 1.807) is 21.4 Å². The number of hydrogen-bond donors (Lipinski definition) is 1. The van der Waals surface area contributed by atoms with Crippen molar-refractivity contribution in [2.75, 3.05) is 14.2 Å². The highest BCUT2D eigenvalue weighted by Crippen LogP contribution is 2.30. The summed E-state index contributed by atoms with van der Waals surface area (Å²) in [6.07, 6.45) is 3.96. The van der Waals surface area contributed by atoms with Crippen molar-refractivity contribution in [2.45, 2.75) is 56.1 Å². The topological polar surface area (TPSA) is 104 Å². The second kappa shape index (κ2) is 7.83. The Morgan fingerprint density at radius 1 is 1.17 bits per heavy atom. The summed E-state index contributed by atoms with van der Waals surface area (Å²) in [4.78, 5) is 12.6. The molecule has 1 aromatic carbocycles.